The topological polar surface area (TPSA) is 101 Å². The second-order valence-corrected chi connectivity index (χ2v) is 9.43. The summed E-state index contributed by atoms with van der Waals surface area (Å²) in [5.74, 6) is -3.31. The minimum Gasteiger partial charge on any atom is -0.347 e. The number of nitrogens with two attached hydrogens (primary N) is 1. The van der Waals surface area contributed by atoms with Crippen LogP contribution in [0.5, 0.6) is 0 Å². The molecule has 0 aliphatic heterocycles. The summed E-state index contributed by atoms with van der Waals surface area (Å²) in [7, 11) is -3.75. The molecular formula is C17H23F2N3O3S. The first-order chi connectivity index (χ1) is 12.1. The van der Waals surface area contributed by atoms with E-state index in [0.717, 1.165) is 44.6 Å². The lowest BCUT2D eigenvalue weighted by atomic mass is 9.62. The van der Waals surface area contributed by atoms with Crippen LogP contribution in [0.15, 0.2) is 12.1 Å². The molecule has 3 aliphatic rings. The molecular weight excluding hydrogens is 364 g/mol. The monoisotopic (exact) mass is 387 g/mol. The molecule has 0 spiro atoms. The van der Waals surface area contributed by atoms with Crippen LogP contribution in [0.1, 0.15) is 55.8 Å². The molecule has 3 aliphatic carbocycles. The van der Waals surface area contributed by atoms with Crippen molar-refractivity contribution in [1.29, 1.82) is 0 Å². The molecule has 3 saturated carbocycles. The van der Waals surface area contributed by atoms with Gasteiger partial charge in [-0.2, -0.15) is 0 Å². The van der Waals surface area contributed by atoms with Gasteiger partial charge < -0.3 is 11.1 Å². The van der Waals surface area contributed by atoms with Crippen LogP contribution in [0.4, 0.5) is 14.5 Å². The Balaban J connectivity index is 1.88. The highest BCUT2D eigenvalue weighted by Gasteiger charge is 2.47. The number of anilines is 1. The van der Waals surface area contributed by atoms with E-state index in [1.165, 1.54) is 6.92 Å². The van der Waals surface area contributed by atoms with Crippen LogP contribution in [0.25, 0.3) is 0 Å². The zero-order valence-electron chi connectivity index (χ0n) is 14.6. The van der Waals surface area contributed by atoms with Gasteiger partial charge in [-0.05, 0) is 51.5 Å². The third kappa shape index (κ3) is 3.68. The fraction of sp³-hybridized carbons (Fsp3) is 0.588. The van der Waals surface area contributed by atoms with Crippen LogP contribution in [0.2, 0.25) is 0 Å². The van der Waals surface area contributed by atoms with Gasteiger partial charge in [-0.15, -0.1) is 0 Å². The van der Waals surface area contributed by atoms with Crippen LogP contribution in [-0.4, -0.2) is 31.2 Å². The van der Waals surface area contributed by atoms with E-state index in [0.29, 0.717) is 6.07 Å². The van der Waals surface area contributed by atoms with E-state index >= 15 is 0 Å². The highest BCUT2D eigenvalue weighted by Crippen LogP contribution is 2.45. The summed E-state index contributed by atoms with van der Waals surface area (Å²) in [5.41, 5.74) is 5.17. The molecule has 9 heteroatoms. The largest absolute Gasteiger partial charge is 0.347 e. The van der Waals surface area contributed by atoms with E-state index in [1.807, 2.05) is 0 Å². The molecule has 1 aromatic carbocycles. The van der Waals surface area contributed by atoms with Crippen molar-refractivity contribution >= 4 is 21.6 Å². The molecule has 6 nitrogen and oxygen atoms in total. The third-order valence-electron chi connectivity index (χ3n) is 5.63. The van der Waals surface area contributed by atoms with Crippen molar-refractivity contribution in [2.75, 3.05) is 10.5 Å². The number of rotatable bonds is 5. The Kier molecular flexibility index (Phi) is 4.72. The Hall–Kier alpha value is -1.74. The van der Waals surface area contributed by atoms with Gasteiger partial charge in [0.2, 0.25) is 10.0 Å². The number of hydrogen-bond acceptors (Lipinski definition) is 4. The Bertz CT molecular complexity index is 817. The van der Waals surface area contributed by atoms with Crippen molar-refractivity contribution in [2.45, 2.75) is 56.5 Å². The summed E-state index contributed by atoms with van der Waals surface area (Å²) < 4.78 is 53.1. The minimum atomic E-state index is -3.75. The summed E-state index contributed by atoms with van der Waals surface area (Å²) >= 11 is 0. The zero-order valence-corrected chi connectivity index (χ0v) is 15.4. The van der Waals surface area contributed by atoms with Crippen molar-refractivity contribution in [3.8, 4) is 0 Å². The number of carbonyl (C=O) groups excluding carboxylic acids is 1. The quantitative estimate of drug-likeness (QED) is 0.721. The molecule has 1 aromatic rings. The maximum absolute atomic E-state index is 13.7. The van der Waals surface area contributed by atoms with Gasteiger partial charge in [0.25, 0.3) is 5.91 Å². The molecule has 26 heavy (non-hydrogen) atoms. The molecule has 0 atom stereocenters. The van der Waals surface area contributed by atoms with E-state index in [1.54, 1.807) is 0 Å². The van der Waals surface area contributed by atoms with Crippen LogP contribution in [-0.2, 0) is 10.0 Å². The molecule has 3 fully saturated rings. The van der Waals surface area contributed by atoms with E-state index < -0.39 is 33.1 Å². The summed E-state index contributed by atoms with van der Waals surface area (Å²) in [4.78, 5) is 12.8. The first-order valence-corrected chi connectivity index (χ1v) is 10.3. The number of carbonyl (C=O) groups is 1. The summed E-state index contributed by atoms with van der Waals surface area (Å²) in [6.45, 7) is 1.41. The Morgan fingerprint density at radius 2 is 1.65 bits per heavy atom. The van der Waals surface area contributed by atoms with Gasteiger partial charge in [0, 0.05) is 17.1 Å². The average molecular weight is 387 g/mol. The van der Waals surface area contributed by atoms with Crippen LogP contribution >= 0.6 is 0 Å². The number of hydrogen-bond donors (Lipinski definition) is 3. The average Bonchev–Trinajstić information content (AvgIpc) is 2.59. The molecule has 0 unspecified atom stereocenters. The lowest BCUT2D eigenvalue weighted by Gasteiger charge is -2.52. The first kappa shape index (κ1) is 19.0. The highest BCUT2D eigenvalue weighted by atomic mass is 32.2. The van der Waals surface area contributed by atoms with E-state index in [-0.39, 0.29) is 22.5 Å². The fourth-order valence-corrected chi connectivity index (χ4v) is 4.42. The number of benzene rings is 1. The second-order valence-electron chi connectivity index (χ2n) is 7.41. The second kappa shape index (κ2) is 6.45. The summed E-state index contributed by atoms with van der Waals surface area (Å²) in [6.07, 6.45) is 4.53. The normalized spacial score (nSPS) is 28.0. The van der Waals surface area contributed by atoms with Crippen molar-refractivity contribution < 1.29 is 22.0 Å². The van der Waals surface area contributed by atoms with Gasteiger partial charge in [-0.3, -0.25) is 9.52 Å². The minimum absolute atomic E-state index is 0.170. The van der Waals surface area contributed by atoms with Crippen LogP contribution in [0.3, 0.4) is 0 Å². The maximum atomic E-state index is 13.7. The Labute approximate surface area is 151 Å². The summed E-state index contributed by atoms with van der Waals surface area (Å²) in [6, 6.07) is 1.43. The molecule has 2 bridgehead atoms. The van der Waals surface area contributed by atoms with Crippen molar-refractivity contribution in [3.05, 3.63) is 29.3 Å². The standard InChI is InChI=1S/C17H23F2N3O3S/c1-2-26(24,25)22-14-10-13(19)12(18)9-11(14)15(23)21-17-6-3-16(20,4-7-17)5-8-17/h9-10,22H,2-8,20H2,1H3,(H,21,23). The number of halogens is 2. The smallest absolute Gasteiger partial charge is 0.253 e. The molecule has 0 heterocycles. The molecule has 1 amide bonds. The SMILES string of the molecule is CCS(=O)(=O)Nc1cc(F)c(F)cc1C(=O)NC12CCC(N)(CC1)CC2. The zero-order chi connectivity index (χ0) is 19.2. The van der Waals surface area contributed by atoms with Crippen molar-refractivity contribution in [2.24, 2.45) is 5.73 Å². The molecule has 144 valence electrons. The van der Waals surface area contributed by atoms with E-state index in [9.17, 15) is 22.0 Å². The Morgan fingerprint density at radius 1 is 1.12 bits per heavy atom. The van der Waals surface area contributed by atoms with Gasteiger partial charge in [0.1, 0.15) is 0 Å². The number of nitrogens with one attached hydrogen (secondary N) is 2. The lowest BCUT2D eigenvalue weighted by molar-refractivity contribution is 0.0628. The Morgan fingerprint density at radius 3 is 2.19 bits per heavy atom. The van der Waals surface area contributed by atoms with Gasteiger partial charge >= 0.3 is 0 Å². The van der Waals surface area contributed by atoms with Crippen molar-refractivity contribution in [3.63, 3.8) is 0 Å². The predicted molar refractivity (Wildman–Crippen MR) is 94.3 cm³/mol. The first-order valence-electron chi connectivity index (χ1n) is 8.68. The third-order valence-corrected chi connectivity index (χ3v) is 6.92. The summed E-state index contributed by atoms with van der Waals surface area (Å²) in [5, 5.41) is 2.93. The fourth-order valence-electron chi connectivity index (χ4n) is 3.77. The number of sulfonamides is 1. The number of amides is 1. The van der Waals surface area contributed by atoms with Crippen LogP contribution in [0, 0.1) is 11.6 Å². The van der Waals surface area contributed by atoms with Crippen molar-refractivity contribution in [1.82, 2.24) is 5.32 Å². The van der Waals surface area contributed by atoms with Gasteiger partial charge in [0.15, 0.2) is 11.6 Å². The lowest BCUT2D eigenvalue weighted by Crippen LogP contribution is -2.61. The van der Waals surface area contributed by atoms with Crippen LogP contribution < -0.4 is 15.8 Å². The molecule has 0 radical (unpaired) electrons. The van der Waals surface area contributed by atoms with Gasteiger partial charge in [-0.25, -0.2) is 17.2 Å². The molecule has 4 N–H and O–H groups in total. The molecule has 0 aromatic heterocycles. The maximum Gasteiger partial charge on any atom is 0.253 e. The number of fused-ring (bicyclic) bond motifs is 3. The van der Waals surface area contributed by atoms with Gasteiger partial charge in [0.05, 0.1) is 17.0 Å². The highest BCUT2D eigenvalue weighted by molar-refractivity contribution is 7.92. The van der Waals surface area contributed by atoms with E-state index in [4.69, 9.17) is 5.73 Å². The molecule has 0 saturated heterocycles. The van der Waals surface area contributed by atoms with E-state index in [2.05, 4.69) is 10.0 Å². The van der Waals surface area contributed by atoms with Gasteiger partial charge in [-0.1, -0.05) is 0 Å². The predicted octanol–water partition coefficient (Wildman–Crippen LogP) is 2.26. The molecule has 4 rings (SSSR count).